The Morgan fingerprint density at radius 2 is 1.88 bits per heavy atom. The topological polar surface area (TPSA) is 95.6 Å². The van der Waals surface area contributed by atoms with E-state index in [0.717, 1.165) is 24.8 Å². The van der Waals surface area contributed by atoms with E-state index in [1.807, 2.05) is 19.9 Å². The highest BCUT2D eigenvalue weighted by Crippen LogP contribution is 2.26. The van der Waals surface area contributed by atoms with Crippen molar-refractivity contribution in [2.75, 3.05) is 24.4 Å². The van der Waals surface area contributed by atoms with Crippen molar-refractivity contribution in [3.05, 3.63) is 59.2 Å². The molecular weight excluding hydrogens is 426 g/mol. The number of piperidine rings is 1. The van der Waals surface area contributed by atoms with Crippen LogP contribution >= 0.6 is 0 Å². The third kappa shape index (κ3) is 5.48. The molecule has 8 heteroatoms. The summed E-state index contributed by atoms with van der Waals surface area (Å²) in [6.45, 7) is 7.04. The second kappa shape index (κ2) is 10.2. The van der Waals surface area contributed by atoms with Gasteiger partial charge in [-0.15, -0.1) is 0 Å². The zero-order valence-electron chi connectivity index (χ0n) is 18.8. The van der Waals surface area contributed by atoms with Crippen molar-refractivity contribution in [2.45, 2.75) is 44.9 Å². The predicted octanol–water partition coefficient (Wildman–Crippen LogP) is 3.48. The molecule has 0 aliphatic carbocycles. The van der Waals surface area contributed by atoms with Crippen LogP contribution in [0.25, 0.3) is 0 Å². The molecule has 32 heavy (non-hydrogen) atoms. The van der Waals surface area contributed by atoms with Crippen LogP contribution in [0.5, 0.6) is 0 Å². The van der Waals surface area contributed by atoms with Gasteiger partial charge in [0, 0.05) is 19.6 Å². The van der Waals surface area contributed by atoms with Crippen molar-refractivity contribution in [2.24, 2.45) is 5.92 Å². The number of benzene rings is 2. The number of aryl methyl sites for hydroxylation is 2. The van der Waals surface area contributed by atoms with Crippen molar-refractivity contribution in [3.63, 3.8) is 0 Å². The third-order valence-corrected chi connectivity index (χ3v) is 7.17. The van der Waals surface area contributed by atoms with E-state index < -0.39 is 10.0 Å². The SMILES string of the molecule is CCCNC(=O)C1CCCN(C(=O)c2ccccc2NS(=O)(=O)c2cc(C)ccc2C)C1. The van der Waals surface area contributed by atoms with Gasteiger partial charge in [-0.25, -0.2) is 8.42 Å². The van der Waals surface area contributed by atoms with E-state index in [0.29, 0.717) is 25.2 Å². The van der Waals surface area contributed by atoms with Gasteiger partial charge in [0.1, 0.15) is 0 Å². The molecule has 1 unspecified atom stereocenters. The first-order chi connectivity index (χ1) is 15.2. The molecule has 0 radical (unpaired) electrons. The number of para-hydroxylation sites is 1. The van der Waals surface area contributed by atoms with E-state index >= 15 is 0 Å². The first kappa shape index (κ1) is 23.8. The number of anilines is 1. The smallest absolute Gasteiger partial charge is 0.262 e. The average molecular weight is 458 g/mol. The zero-order chi connectivity index (χ0) is 23.3. The summed E-state index contributed by atoms with van der Waals surface area (Å²) in [7, 11) is -3.87. The molecule has 1 aliphatic rings. The Kier molecular flexibility index (Phi) is 7.56. The fourth-order valence-corrected chi connectivity index (χ4v) is 5.30. The Morgan fingerprint density at radius 3 is 2.62 bits per heavy atom. The molecule has 0 spiro atoms. The Bertz CT molecular complexity index is 1100. The van der Waals surface area contributed by atoms with Crippen LogP contribution in [-0.2, 0) is 14.8 Å². The van der Waals surface area contributed by atoms with E-state index in [-0.39, 0.29) is 33.9 Å². The van der Waals surface area contributed by atoms with Crippen molar-refractivity contribution in [3.8, 4) is 0 Å². The summed E-state index contributed by atoms with van der Waals surface area (Å²) >= 11 is 0. The third-order valence-electron chi connectivity index (χ3n) is 5.66. The van der Waals surface area contributed by atoms with Crippen LogP contribution < -0.4 is 10.0 Å². The molecule has 1 atom stereocenters. The maximum Gasteiger partial charge on any atom is 0.262 e. The van der Waals surface area contributed by atoms with E-state index in [4.69, 9.17) is 0 Å². The molecule has 2 aromatic rings. The van der Waals surface area contributed by atoms with Crippen LogP contribution in [-0.4, -0.2) is 44.8 Å². The second-order valence-electron chi connectivity index (χ2n) is 8.30. The van der Waals surface area contributed by atoms with Gasteiger partial charge in [0.15, 0.2) is 0 Å². The summed E-state index contributed by atoms with van der Waals surface area (Å²) in [5.74, 6) is -0.566. The Morgan fingerprint density at radius 1 is 1.12 bits per heavy atom. The van der Waals surface area contributed by atoms with E-state index in [2.05, 4.69) is 10.0 Å². The molecule has 1 saturated heterocycles. The highest BCUT2D eigenvalue weighted by Gasteiger charge is 2.30. The molecule has 2 aromatic carbocycles. The van der Waals surface area contributed by atoms with Crippen LogP contribution in [0, 0.1) is 19.8 Å². The van der Waals surface area contributed by atoms with Gasteiger partial charge in [-0.3, -0.25) is 14.3 Å². The summed E-state index contributed by atoms with van der Waals surface area (Å²) in [6.07, 6.45) is 2.32. The summed E-state index contributed by atoms with van der Waals surface area (Å²) < 4.78 is 28.8. The zero-order valence-corrected chi connectivity index (χ0v) is 19.7. The molecule has 1 heterocycles. The molecule has 3 rings (SSSR count). The van der Waals surface area contributed by atoms with Crippen LogP contribution in [0.4, 0.5) is 5.69 Å². The quantitative estimate of drug-likeness (QED) is 0.665. The highest BCUT2D eigenvalue weighted by atomic mass is 32.2. The molecule has 2 N–H and O–H groups in total. The minimum atomic E-state index is -3.87. The molecule has 1 fully saturated rings. The number of nitrogens with one attached hydrogen (secondary N) is 2. The van der Waals surface area contributed by atoms with Gasteiger partial charge < -0.3 is 10.2 Å². The van der Waals surface area contributed by atoms with Crippen LogP contribution in [0.3, 0.4) is 0 Å². The molecule has 7 nitrogen and oxygen atoms in total. The van der Waals surface area contributed by atoms with Gasteiger partial charge in [0.25, 0.3) is 15.9 Å². The number of sulfonamides is 1. The lowest BCUT2D eigenvalue weighted by Gasteiger charge is -2.32. The minimum Gasteiger partial charge on any atom is -0.356 e. The largest absolute Gasteiger partial charge is 0.356 e. The molecule has 0 aromatic heterocycles. The fraction of sp³-hybridized carbons (Fsp3) is 0.417. The second-order valence-corrected chi connectivity index (χ2v) is 9.95. The number of likely N-dealkylation sites (tertiary alicyclic amines) is 1. The van der Waals surface area contributed by atoms with Crippen LogP contribution in [0.2, 0.25) is 0 Å². The van der Waals surface area contributed by atoms with Gasteiger partial charge in [-0.2, -0.15) is 0 Å². The Balaban J connectivity index is 1.82. The number of carbonyl (C=O) groups is 2. The van der Waals surface area contributed by atoms with Gasteiger partial charge in [-0.1, -0.05) is 31.2 Å². The maximum absolute atomic E-state index is 13.3. The molecule has 0 saturated carbocycles. The number of carbonyl (C=O) groups excluding carboxylic acids is 2. The van der Waals surface area contributed by atoms with Crippen molar-refractivity contribution >= 4 is 27.5 Å². The molecule has 172 valence electrons. The average Bonchev–Trinajstić information content (AvgIpc) is 2.78. The maximum atomic E-state index is 13.3. The molecule has 0 bridgehead atoms. The monoisotopic (exact) mass is 457 g/mol. The minimum absolute atomic E-state index is 0.0340. The number of nitrogens with zero attached hydrogens (tertiary/aromatic N) is 1. The van der Waals surface area contributed by atoms with Gasteiger partial charge >= 0.3 is 0 Å². The lowest BCUT2D eigenvalue weighted by atomic mass is 9.96. The van der Waals surface area contributed by atoms with E-state index in [9.17, 15) is 18.0 Å². The molecular formula is C24H31N3O4S. The Labute approximate surface area is 190 Å². The van der Waals surface area contributed by atoms with Crippen molar-refractivity contribution in [1.82, 2.24) is 10.2 Å². The van der Waals surface area contributed by atoms with E-state index in [1.54, 1.807) is 48.2 Å². The normalized spacial score (nSPS) is 16.5. The summed E-state index contributed by atoms with van der Waals surface area (Å²) in [5.41, 5.74) is 1.97. The first-order valence-electron chi connectivity index (χ1n) is 11.0. The van der Waals surface area contributed by atoms with Gasteiger partial charge in [-0.05, 0) is 62.4 Å². The van der Waals surface area contributed by atoms with Crippen LogP contribution in [0.1, 0.15) is 47.7 Å². The number of hydrogen-bond acceptors (Lipinski definition) is 4. The molecule has 2 amide bonds. The van der Waals surface area contributed by atoms with Crippen molar-refractivity contribution in [1.29, 1.82) is 0 Å². The lowest BCUT2D eigenvalue weighted by Crippen LogP contribution is -2.45. The summed E-state index contributed by atoms with van der Waals surface area (Å²) in [4.78, 5) is 27.5. The fourth-order valence-electron chi connectivity index (χ4n) is 3.89. The van der Waals surface area contributed by atoms with E-state index in [1.165, 1.54) is 0 Å². The van der Waals surface area contributed by atoms with Gasteiger partial charge in [0.05, 0.1) is 22.1 Å². The summed E-state index contributed by atoms with van der Waals surface area (Å²) in [5, 5.41) is 2.90. The van der Waals surface area contributed by atoms with Crippen LogP contribution in [0.15, 0.2) is 47.4 Å². The van der Waals surface area contributed by atoms with Crippen molar-refractivity contribution < 1.29 is 18.0 Å². The number of rotatable bonds is 7. The predicted molar refractivity (Wildman–Crippen MR) is 125 cm³/mol. The lowest BCUT2D eigenvalue weighted by molar-refractivity contribution is -0.126. The number of hydrogen-bond donors (Lipinski definition) is 2. The Hall–Kier alpha value is -2.87. The molecule has 1 aliphatic heterocycles. The standard InChI is InChI=1S/C24H31N3O4S/c1-4-13-25-23(28)19-8-7-14-27(16-19)24(29)20-9-5-6-10-21(20)26-32(30,31)22-15-17(2)11-12-18(22)3/h5-6,9-12,15,19,26H,4,7-8,13-14,16H2,1-3H3,(H,25,28). The van der Waals surface area contributed by atoms with Gasteiger partial charge in [0.2, 0.25) is 5.91 Å². The summed E-state index contributed by atoms with van der Waals surface area (Å²) in [6, 6.07) is 11.8. The first-order valence-corrected chi connectivity index (χ1v) is 12.5. The number of amides is 2. The highest BCUT2D eigenvalue weighted by molar-refractivity contribution is 7.92.